The Balaban J connectivity index is 1.47. The number of nitrogens with one attached hydrogen (secondary N) is 1. The van der Waals surface area contributed by atoms with Crippen LogP contribution in [-0.2, 0) is 11.3 Å². The van der Waals surface area contributed by atoms with Gasteiger partial charge in [-0.1, -0.05) is 53.7 Å². The molecule has 0 radical (unpaired) electrons. The van der Waals surface area contributed by atoms with Crippen LogP contribution >= 0.6 is 23.4 Å². The Morgan fingerprint density at radius 3 is 2.80 bits per heavy atom. The van der Waals surface area contributed by atoms with Crippen molar-refractivity contribution in [3.05, 3.63) is 82.8 Å². The van der Waals surface area contributed by atoms with E-state index >= 15 is 0 Å². The van der Waals surface area contributed by atoms with Crippen LogP contribution in [0.1, 0.15) is 17.1 Å². The Morgan fingerprint density at radius 1 is 1.20 bits per heavy atom. The third-order valence-electron chi connectivity index (χ3n) is 4.38. The van der Waals surface area contributed by atoms with Gasteiger partial charge in [0.2, 0.25) is 0 Å². The van der Waals surface area contributed by atoms with Gasteiger partial charge in [-0.3, -0.25) is 4.79 Å². The summed E-state index contributed by atoms with van der Waals surface area (Å²) in [6.45, 7) is 2.42. The van der Waals surface area contributed by atoms with Gasteiger partial charge in [0.1, 0.15) is 11.5 Å². The zero-order valence-electron chi connectivity index (χ0n) is 16.2. The first-order chi connectivity index (χ1) is 14.6. The predicted octanol–water partition coefficient (Wildman–Crippen LogP) is 4.88. The van der Waals surface area contributed by atoms with Gasteiger partial charge in [0.15, 0.2) is 5.16 Å². The van der Waals surface area contributed by atoms with Crippen LogP contribution in [0.15, 0.2) is 75.3 Å². The van der Waals surface area contributed by atoms with E-state index < -0.39 is 0 Å². The Bertz CT molecular complexity index is 1210. The molecule has 0 spiro atoms. The van der Waals surface area contributed by atoms with Gasteiger partial charge >= 0.3 is 0 Å². The number of thioether (sulfide) groups is 1. The third kappa shape index (κ3) is 4.75. The van der Waals surface area contributed by atoms with Crippen LogP contribution in [-0.4, -0.2) is 27.4 Å². The van der Waals surface area contributed by atoms with Gasteiger partial charge in [-0.05, 0) is 42.8 Å². The van der Waals surface area contributed by atoms with Crippen molar-refractivity contribution < 1.29 is 9.21 Å². The fraction of sp³-hybridized carbons (Fsp3) is 0.136. The number of benzene rings is 2. The topological polar surface area (TPSA) is 72.4 Å². The lowest BCUT2D eigenvalue weighted by Crippen LogP contribution is -2.20. The van der Waals surface area contributed by atoms with Gasteiger partial charge in [0, 0.05) is 5.02 Å². The molecule has 1 N–H and O–H groups in total. The summed E-state index contributed by atoms with van der Waals surface area (Å²) >= 11 is 7.71. The number of amides is 1. The molecule has 0 saturated heterocycles. The highest BCUT2D eigenvalue weighted by Gasteiger charge is 2.14. The van der Waals surface area contributed by atoms with Crippen LogP contribution in [0, 0.1) is 6.92 Å². The first-order valence-corrected chi connectivity index (χ1v) is 10.7. The summed E-state index contributed by atoms with van der Waals surface area (Å²) in [5, 5.41) is 5.38. The molecular weight excluding hydrogens is 420 g/mol. The number of carbonyl (C=O) groups excluding carboxylic acids is 1. The summed E-state index contributed by atoms with van der Waals surface area (Å²) < 4.78 is 7.45. The molecular formula is C22H19ClN4O2S. The number of rotatable bonds is 7. The zero-order valence-corrected chi connectivity index (χ0v) is 17.8. The van der Waals surface area contributed by atoms with Gasteiger partial charge in [0.05, 0.1) is 29.5 Å². The summed E-state index contributed by atoms with van der Waals surface area (Å²) in [6, 6.07) is 19.2. The predicted molar refractivity (Wildman–Crippen MR) is 120 cm³/mol. The zero-order chi connectivity index (χ0) is 20.9. The van der Waals surface area contributed by atoms with Crippen LogP contribution in [0.5, 0.6) is 0 Å². The lowest BCUT2D eigenvalue weighted by atomic mass is 10.2. The van der Waals surface area contributed by atoms with Crippen LogP contribution in [0.2, 0.25) is 5.02 Å². The molecule has 0 saturated carbocycles. The van der Waals surface area contributed by atoms with Crippen LogP contribution in [0.3, 0.4) is 0 Å². The number of hydrogen-bond acceptors (Lipinski definition) is 5. The van der Waals surface area contributed by atoms with Crippen molar-refractivity contribution in [3.63, 3.8) is 0 Å². The lowest BCUT2D eigenvalue weighted by molar-refractivity contribution is -0.118. The highest BCUT2D eigenvalue weighted by Crippen LogP contribution is 2.27. The number of aryl methyl sites for hydroxylation is 1. The number of hydrazone groups is 1. The fourth-order valence-electron chi connectivity index (χ4n) is 2.97. The number of imidazole rings is 1. The van der Waals surface area contributed by atoms with E-state index in [0.717, 1.165) is 27.5 Å². The Hall–Kier alpha value is -3.03. The summed E-state index contributed by atoms with van der Waals surface area (Å²) in [6.07, 6.45) is 1.47. The first kappa shape index (κ1) is 20.3. The van der Waals surface area contributed by atoms with E-state index in [9.17, 15) is 4.79 Å². The number of aromatic nitrogens is 2. The molecule has 6 nitrogen and oxygen atoms in total. The minimum absolute atomic E-state index is 0.181. The van der Waals surface area contributed by atoms with Crippen molar-refractivity contribution in [2.75, 3.05) is 5.75 Å². The fourth-order valence-corrected chi connectivity index (χ4v) is 3.97. The van der Waals surface area contributed by atoms with E-state index in [0.29, 0.717) is 17.3 Å². The normalized spacial score (nSPS) is 11.4. The molecule has 2 aromatic carbocycles. The SMILES string of the molecule is Cc1ccc(C=NNC(=O)CSc2nc3ccccc3n2Cc2ccccc2Cl)o1. The third-order valence-corrected chi connectivity index (χ3v) is 5.73. The van der Waals surface area contributed by atoms with E-state index in [-0.39, 0.29) is 11.7 Å². The maximum absolute atomic E-state index is 12.2. The molecule has 2 aromatic heterocycles. The van der Waals surface area contributed by atoms with Crippen LogP contribution < -0.4 is 5.43 Å². The molecule has 1 amide bonds. The number of carbonyl (C=O) groups is 1. The summed E-state index contributed by atoms with van der Waals surface area (Å²) in [5.74, 6) is 1.33. The largest absolute Gasteiger partial charge is 0.460 e. The Kier molecular flexibility index (Phi) is 6.21. The van der Waals surface area contributed by atoms with Crippen molar-refractivity contribution in [3.8, 4) is 0 Å². The Labute approximate surface area is 182 Å². The van der Waals surface area contributed by atoms with E-state index in [1.165, 1.54) is 18.0 Å². The van der Waals surface area contributed by atoms with Crippen molar-refractivity contribution in [2.24, 2.45) is 5.10 Å². The van der Waals surface area contributed by atoms with Crippen molar-refractivity contribution in [2.45, 2.75) is 18.6 Å². The number of para-hydroxylation sites is 2. The van der Waals surface area contributed by atoms with Crippen molar-refractivity contribution in [1.29, 1.82) is 0 Å². The molecule has 4 aromatic rings. The molecule has 30 heavy (non-hydrogen) atoms. The van der Waals surface area contributed by atoms with E-state index in [4.69, 9.17) is 21.0 Å². The van der Waals surface area contributed by atoms with Crippen molar-refractivity contribution >= 4 is 46.5 Å². The summed E-state index contributed by atoms with van der Waals surface area (Å²) in [7, 11) is 0. The molecule has 0 unspecified atom stereocenters. The molecule has 152 valence electrons. The molecule has 8 heteroatoms. The quantitative estimate of drug-likeness (QED) is 0.253. The summed E-state index contributed by atoms with van der Waals surface area (Å²) in [4.78, 5) is 16.9. The molecule has 0 aliphatic carbocycles. The Morgan fingerprint density at radius 2 is 2.00 bits per heavy atom. The minimum Gasteiger partial charge on any atom is -0.460 e. The van der Waals surface area contributed by atoms with E-state index in [2.05, 4.69) is 15.1 Å². The molecule has 4 rings (SSSR count). The number of nitrogens with zero attached hydrogens (tertiary/aromatic N) is 3. The second-order valence-electron chi connectivity index (χ2n) is 6.59. The molecule has 2 heterocycles. The summed E-state index contributed by atoms with van der Waals surface area (Å²) in [5.41, 5.74) is 5.37. The van der Waals surface area contributed by atoms with Crippen LogP contribution in [0.25, 0.3) is 11.0 Å². The number of hydrogen-bond donors (Lipinski definition) is 1. The average molecular weight is 439 g/mol. The number of halogens is 1. The van der Waals surface area contributed by atoms with Gasteiger partial charge in [0.25, 0.3) is 5.91 Å². The average Bonchev–Trinajstić information content (AvgIpc) is 3.31. The number of fused-ring (bicyclic) bond motifs is 1. The van der Waals surface area contributed by atoms with Gasteiger partial charge in [-0.25, -0.2) is 10.4 Å². The maximum atomic E-state index is 12.2. The molecule has 0 aliphatic rings. The molecule has 0 aliphatic heterocycles. The first-order valence-electron chi connectivity index (χ1n) is 9.30. The van der Waals surface area contributed by atoms with Crippen LogP contribution in [0.4, 0.5) is 0 Å². The lowest BCUT2D eigenvalue weighted by Gasteiger charge is -2.10. The second-order valence-corrected chi connectivity index (χ2v) is 7.94. The monoisotopic (exact) mass is 438 g/mol. The smallest absolute Gasteiger partial charge is 0.250 e. The highest BCUT2D eigenvalue weighted by atomic mass is 35.5. The number of furan rings is 1. The molecule has 0 atom stereocenters. The molecule has 0 fully saturated rings. The standard InChI is InChI=1S/C22H19ClN4O2S/c1-15-10-11-17(29-15)12-24-26-21(28)14-30-22-25-19-8-4-5-9-20(19)27(22)13-16-6-2-3-7-18(16)23/h2-12H,13-14H2,1H3,(H,26,28). The minimum atomic E-state index is -0.226. The van der Waals surface area contributed by atoms with Gasteiger partial charge in [-0.2, -0.15) is 5.10 Å². The van der Waals surface area contributed by atoms with Gasteiger partial charge in [-0.15, -0.1) is 0 Å². The van der Waals surface area contributed by atoms with E-state index in [1.807, 2.05) is 61.5 Å². The van der Waals surface area contributed by atoms with E-state index in [1.54, 1.807) is 6.07 Å². The second kappa shape index (κ2) is 9.19. The van der Waals surface area contributed by atoms with Gasteiger partial charge < -0.3 is 8.98 Å². The van der Waals surface area contributed by atoms with Crippen molar-refractivity contribution in [1.82, 2.24) is 15.0 Å². The maximum Gasteiger partial charge on any atom is 0.250 e. The highest BCUT2D eigenvalue weighted by molar-refractivity contribution is 7.99. The molecule has 0 bridgehead atoms.